The molecule has 34 heavy (non-hydrogen) atoms. The van der Waals surface area contributed by atoms with Gasteiger partial charge in [-0.3, -0.25) is 14.4 Å². The van der Waals surface area contributed by atoms with Gasteiger partial charge in [0.2, 0.25) is 11.7 Å². The highest BCUT2D eigenvalue weighted by Gasteiger charge is 2.30. The number of hydrogen-bond acceptors (Lipinski definition) is 5. The van der Waals surface area contributed by atoms with Gasteiger partial charge in [-0.25, -0.2) is 0 Å². The molecule has 4 aromatic rings. The van der Waals surface area contributed by atoms with Crippen LogP contribution in [0.25, 0.3) is 11.0 Å². The topological polar surface area (TPSA) is 96.0 Å². The third-order valence-corrected chi connectivity index (χ3v) is 5.85. The van der Waals surface area contributed by atoms with Crippen LogP contribution < -0.4 is 5.32 Å². The summed E-state index contributed by atoms with van der Waals surface area (Å²) < 4.78 is 11.1. The summed E-state index contributed by atoms with van der Waals surface area (Å²) >= 11 is 0. The molecule has 1 aliphatic rings. The lowest BCUT2D eigenvalue weighted by atomic mass is 10.1. The van der Waals surface area contributed by atoms with Crippen molar-refractivity contribution in [2.45, 2.75) is 6.42 Å². The van der Waals surface area contributed by atoms with E-state index in [-0.39, 0.29) is 35.7 Å². The van der Waals surface area contributed by atoms with Crippen molar-refractivity contribution in [1.29, 1.82) is 0 Å². The third-order valence-electron chi connectivity index (χ3n) is 5.85. The summed E-state index contributed by atoms with van der Waals surface area (Å²) in [4.78, 5) is 42.0. The van der Waals surface area contributed by atoms with Crippen molar-refractivity contribution in [2.24, 2.45) is 0 Å². The molecule has 0 atom stereocenters. The minimum Gasteiger partial charge on any atom is -0.459 e. The predicted octanol–water partition coefficient (Wildman–Crippen LogP) is 3.81. The van der Waals surface area contributed by atoms with Crippen LogP contribution in [0.5, 0.6) is 0 Å². The average molecular weight is 457 g/mol. The lowest BCUT2D eigenvalue weighted by molar-refractivity contribution is -0.115. The van der Waals surface area contributed by atoms with Crippen molar-refractivity contribution >= 4 is 34.4 Å². The van der Waals surface area contributed by atoms with E-state index in [1.54, 1.807) is 28.0 Å². The zero-order valence-electron chi connectivity index (χ0n) is 18.4. The molecule has 172 valence electrons. The first kappa shape index (κ1) is 21.5. The predicted molar refractivity (Wildman–Crippen MR) is 126 cm³/mol. The van der Waals surface area contributed by atoms with E-state index < -0.39 is 0 Å². The van der Waals surface area contributed by atoms with Crippen molar-refractivity contribution < 1.29 is 23.2 Å². The summed E-state index contributed by atoms with van der Waals surface area (Å²) in [5.41, 5.74) is 1.76. The van der Waals surface area contributed by atoms with Crippen LogP contribution in [0.2, 0.25) is 0 Å². The van der Waals surface area contributed by atoms with Crippen molar-refractivity contribution in [3.8, 4) is 0 Å². The first-order chi connectivity index (χ1) is 16.6. The molecule has 8 heteroatoms. The van der Waals surface area contributed by atoms with E-state index in [1.165, 1.54) is 6.26 Å². The first-order valence-corrected chi connectivity index (χ1v) is 11.1. The van der Waals surface area contributed by atoms with Crippen molar-refractivity contribution in [3.63, 3.8) is 0 Å². The van der Waals surface area contributed by atoms with E-state index in [2.05, 4.69) is 5.32 Å². The monoisotopic (exact) mass is 457 g/mol. The van der Waals surface area contributed by atoms with Crippen LogP contribution in [0.3, 0.4) is 0 Å². The summed E-state index contributed by atoms with van der Waals surface area (Å²) in [5.74, 6) is -0.388. The maximum atomic E-state index is 13.4. The zero-order valence-corrected chi connectivity index (χ0v) is 18.4. The number of nitrogens with zero attached hydrogens (tertiary/aromatic N) is 2. The summed E-state index contributed by atoms with van der Waals surface area (Å²) in [6.45, 7) is 1.45. The lowest BCUT2D eigenvalue weighted by Crippen LogP contribution is -2.50. The molecule has 0 saturated carbocycles. The Morgan fingerprint density at radius 1 is 0.794 bits per heavy atom. The summed E-state index contributed by atoms with van der Waals surface area (Å²) in [5, 5.41) is 3.56. The standard InChI is InChI=1S/C26H23N3O5/c30-22(17-18-7-2-1-3-8-18)27-23-19-9-4-5-10-20(19)34-24(23)26(32)29-14-12-28(13-15-29)25(31)21-11-6-16-33-21/h1-11,16H,12-15,17H2,(H,27,30). The number of hydrogen-bond donors (Lipinski definition) is 1. The Balaban J connectivity index is 1.33. The number of para-hydroxylation sites is 1. The first-order valence-electron chi connectivity index (χ1n) is 11.1. The molecule has 3 amide bonds. The van der Waals surface area contributed by atoms with Crippen LogP contribution in [-0.2, 0) is 11.2 Å². The second-order valence-electron chi connectivity index (χ2n) is 8.07. The smallest absolute Gasteiger partial charge is 0.291 e. The van der Waals surface area contributed by atoms with Crippen LogP contribution in [-0.4, -0.2) is 53.7 Å². The number of carbonyl (C=O) groups excluding carboxylic acids is 3. The van der Waals surface area contributed by atoms with Gasteiger partial charge in [0.1, 0.15) is 11.3 Å². The molecule has 1 saturated heterocycles. The van der Waals surface area contributed by atoms with Gasteiger partial charge in [-0.1, -0.05) is 42.5 Å². The quantitative estimate of drug-likeness (QED) is 0.492. The maximum Gasteiger partial charge on any atom is 0.291 e. The number of furan rings is 2. The van der Waals surface area contributed by atoms with E-state index in [9.17, 15) is 14.4 Å². The molecule has 0 spiro atoms. The van der Waals surface area contributed by atoms with Crippen LogP contribution in [0.15, 0.2) is 81.8 Å². The number of piperazine rings is 1. The van der Waals surface area contributed by atoms with Gasteiger partial charge in [-0.05, 0) is 29.8 Å². The Bertz CT molecular complexity index is 1320. The van der Waals surface area contributed by atoms with Crippen molar-refractivity contribution in [1.82, 2.24) is 9.80 Å². The molecule has 3 heterocycles. The summed E-state index contributed by atoms with van der Waals surface area (Å²) in [7, 11) is 0. The van der Waals surface area contributed by atoms with Crippen LogP contribution >= 0.6 is 0 Å². The highest BCUT2D eigenvalue weighted by molar-refractivity contribution is 6.11. The molecule has 2 aromatic carbocycles. The van der Waals surface area contributed by atoms with Crippen LogP contribution in [0.4, 0.5) is 5.69 Å². The second kappa shape index (κ2) is 9.27. The minimum absolute atomic E-state index is 0.0911. The molecule has 1 aliphatic heterocycles. The van der Waals surface area contributed by atoms with Gasteiger partial charge in [-0.2, -0.15) is 0 Å². The van der Waals surface area contributed by atoms with Gasteiger partial charge < -0.3 is 24.0 Å². The summed E-state index contributed by atoms with van der Waals surface area (Å²) in [6, 6.07) is 19.9. The molecule has 1 N–H and O–H groups in total. The number of anilines is 1. The molecular weight excluding hydrogens is 434 g/mol. The Hall–Kier alpha value is -4.33. The molecule has 5 rings (SSSR count). The number of fused-ring (bicyclic) bond motifs is 1. The third kappa shape index (κ3) is 4.30. The van der Waals surface area contributed by atoms with Crippen LogP contribution in [0.1, 0.15) is 26.7 Å². The van der Waals surface area contributed by atoms with E-state index in [0.29, 0.717) is 42.8 Å². The van der Waals surface area contributed by atoms with E-state index >= 15 is 0 Å². The summed E-state index contributed by atoms with van der Waals surface area (Å²) in [6.07, 6.45) is 1.64. The number of rotatable bonds is 5. The zero-order chi connectivity index (χ0) is 23.5. The van der Waals surface area contributed by atoms with Crippen LogP contribution in [0, 0.1) is 0 Å². The Labute approximate surface area is 195 Å². The van der Waals surface area contributed by atoms with Crippen molar-refractivity contribution in [2.75, 3.05) is 31.5 Å². The molecule has 0 unspecified atom stereocenters. The molecule has 8 nitrogen and oxygen atoms in total. The van der Waals surface area contributed by atoms with E-state index in [4.69, 9.17) is 8.83 Å². The maximum absolute atomic E-state index is 13.4. The van der Waals surface area contributed by atoms with Gasteiger partial charge in [0.05, 0.1) is 12.7 Å². The number of benzene rings is 2. The van der Waals surface area contributed by atoms with Gasteiger partial charge >= 0.3 is 0 Å². The Morgan fingerprint density at radius 3 is 2.18 bits per heavy atom. The SMILES string of the molecule is O=C(Cc1ccccc1)Nc1c(C(=O)N2CCN(C(=O)c3ccco3)CC2)oc2ccccc12. The van der Waals surface area contributed by atoms with Gasteiger partial charge in [0.15, 0.2) is 5.76 Å². The lowest BCUT2D eigenvalue weighted by Gasteiger charge is -2.34. The molecule has 1 fully saturated rings. The molecule has 0 aliphatic carbocycles. The largest absolute Gasteiger partial charge is 0.459 e. The fourth-order valence-electron chi connectivity index (χ4n) is 4.10. The molecule has 0 bridgehead atoms. The van der Waals surface area contributed by atoms with E-state index in [0.717, 1.165) is 5.56 Å². The highest BCUT2D eigenvalue weighted by atomic mass is 16.4. The highest BCUT2D eigenvalue weighted by Crippen LogP contribution is 2.32. The van der Waals surface area contributed by atoms with Gasteiger partial charge in [-0.15, -0.1) is 0 Å². The fraction of sp³-hybridized carbons (Fsp3) is 0.192. The molecule has 0 radical (unpaired) electrons. The molecular formula is C26H23N3O5. The van der Waals surface area contributed by atoms with Crippen molar-refractivity contribution in [3.05, 3.63) is 90.1 Å². The Morgan fingerprint density at radius 2 is 1.47 bits per heavy atom. The van der Waals surface area contributed by atoms with E-state index in [1.807, 2.05) is 48.5 Å². The number of nitrogens with one attached hydrogen (secondary N) is 1. The Kier molecular flexibility index (Phi) is 5.86. The second-order valence-corrected chi connectivity index (χ2v) is 8.07. The van der Waals surface area contributed by atoms with Gasteiger partial charge in [0, 0.05) is 31.6 Å². The van der Waals surface area contributed by atoms with Gasteiger partial charge in [0.25, 0.3) is 11.8 Å². The number of carbonyl (C=O) groups is 3. The normalized spacial score (nSPS) is 13.8. The fourth-order valence-corrected chi connectivity index (χ4v) is 4.10. The average Bonchev–Trinajstić information content (AvgIpc) is 3.53. The number of amides is 3. The minimum atomic E-state index is -0.323. The molecule has 2 aromatic heterocycles.